The second-order valence-corrected chi connectivity index (χ2v) is 11.8. The number of aryl methyl sites for hydroxylation is 1. The van der Waals surface area contributed by atoms with Crippen LogP contribution < -0.4 is 15.4 Å². The van der Waals surface area contributed by atoms with E-state index in [4.69, 9.17) is 4.74 Å². The van der Waals surface area contributed by atoms with E-state index in [1.807, 2.05) is 37.4 Å². The van der Waals surface area contributed by atoms with Crippen LogP contribution in [0.1, 0.15) is 41.7 Å². The molecule has 1 aliphatic carbocycles. The summed E-state index contributed by atoms with van der Waals surface area (Å²) in [4.78, 5) is 12.7. The largest absolute Gasteiger partial charge is 0.493 e. The molecule has 3 aromatic rings. The van der Waals surface area contributed by atoms with Crippen molar-refractivity contribution in [3.8, 4) is 5.75 Å². The van der Waals surface area contributed by atoms with Crippen LogP contribution in [0.25, 0.3) is 10.9 Å². The topological polar surface area (TPSA) is 89.4 Å². The van der Waals surface area contributed by atoms with E-state index in [-0.39, 0.29) is 23.5 Å². The van der Waals surface area contributed by atoms with Crippen molar-refractivity contribution < 1.29 is 17.9 Å². The predicted octanol–water partition coefficient (Wildman–Crippen LogP) is 3.89. The van der Waals surface area contributed by atoms with Crippen molar-refractivity contribution in [2.75, 3.05) is 23.4 Å². The van der Waals surface area contributed by atoms with E-state index in [0.29, 0.717) is 30.9 Å². The fourth-order valence-corrected chi connectivity index (χ4v) is 5.89. The Bertz CT molecular complexity index is 1280. The number of aromatic nitrogens is 1. The number of hydrogen-bond acceptors (Lipinski definition) is 5. The maximum atomic E-state index is 12.7. The number of rotatable bonds is 8. The molecule has 0 spiro atoms. The fraction of sp³-hybridized carbons (Fsp3) is 0.423. The molecular weight excluding hydrogens is 450 g/mol. The van der Waals surface area contributed by atoms with Crippen LogP contribution in [0.5, 0.6) is 5.75 Å². The lowest BCUT2D eigenvalue weighted by atomic mass is 10.1. The van der Waals surface area contributed by atoms with Gasteiger partial charge in [-0.3, -0.25) is 4.79 Å². The van der Waals surface area contributed by atoms with Crippen molar-refractivity contribution in [3.63, 3.8) is 0 Å². The van der Waals surface area contributed by atoms with Gasteiger partial charge < -0.3 is 19.9 Å². The second-order valence-electron chi connectivity index (χ2n) is 9.51. The summed E-state index contributed by atoms with van der Waals surface area (Å²) in [5.41, 5.74) is 3.53. The Morgan fingerprint density at radius 3 is 2.47 bits per heavy atom. The smallest absolute Gasteiger partial charge is 0.255 e. The van der Waals surface area contributed by atoms with E-state index in [1.54, 1.807) is 12.1 Å². The number of fused-ring (bicyclic) bond motifs is 1. The van der Waals surface area contributed by atoms with E-state index in [0.717, 1.165) is 34.6 Å². The highest BCUT2D eigenvalue weighted by Crippen LogP contribution is 2.29. The van der Waals surface area contributed by atoms with E-state index in [2.05, 4.69) is 21.3 Å². The van der Waals surface area contributed by atoms with Crippen molar-refractivity contribution in [2.24, 2.45) is 13.0 Å². The second kappa shape index (κ2) is 9.43. The molecule has 1 saturated heterocycles. The highest BCUT2D eigenvalue weighted by molar-refractivity contribution is 7.91. The van der Waals surface area contributed by atoms with Crippen LogP contribution in [0.4, 0.5) is 5.69 Å². The highest BCUT2D eigenvalue weighted by Gasteiger charge is 2.23. The molecule has 1 saturated carbocycles. The fourth-order valence-electron chi connectivity index (χ4n) is 4.40. The number of amides is 1. The average molecular weight is 482 g/mol. The lowest BCUT2D eigenvalue weighted by molar-refractivity contribution is 0.102. The number of benzene rings is 2. The minimum Gasteiger partial charge on any atom is -0.493 e. The lowest BCUT2D eigenvalue weighted by Crippen LogP contribution is -2.37. The van der Waals surface area contributed by atoms with Crippen LogP contribution in [0.2, 0.25) is 0 Å². The molecule has 2 N–H and O–H groups in total. The van der Waals surface area contributed by atoms with Gasteiger partial charge in [-0.25, -0.2) is 8.42 Å². The Kier molecular flexibility index (Phi) is 6.36. The van der Waals surface area contributed by atoms with Gasteiger partial charge in [0.15, 0.2) is 0 Å². The number of carbonyl (C=O) groups excluding carboxylic acids is 1. The third kappa shape index (κ3) is 5.45. The molecule has 2 fully saturated rings. The van der Waals surface area contributed by atoms with Crippen molar-refractivity contribution in [3.05, 3.63) is 59.8 Å². The Labute approximate surface area is 200 Å². The molecule has 2 aromatic carbocycles. The van der Waals surface area contributed by atoms with Crippen molar-refractivity contribution in [2.45, 2.75) is 38.3 Å². The SMILES string of the molecule is Cn1c(CNC2CCS(=O)(=O)CC2)cc2cc(NC(=O)c3ccc(OCC4CC4)cc3)ccc21. The third-order valence-electron chi connectivity index (χ3n) is 6.83. The zero-order chi connectivity index (χ0) is 23.7. The van der Waals surface area contributed by atoms with Crippen LogP contribution in [0.15, 0.2) is 48.5 Å². The molecule has 0 unspecified atom stereocenters. The third-order valence-corrected chi connectivity index (χ3v) is 8.54. The molecule has 0 bridgehead atoms. The zero-order valence-corrected chi connectivity index (χ0v) is 20.2. The summed E-state index contributed by atoms with van der Waals surface area (Å²) in [5.74, 6) is 1.86. The van der Waals surface area contributed by atoms with Crippen LogP contribution in [-0.4, -0.2) is 43.0 Å². The zero-order valence-electron chi connectivity index (χ0n) is 19.4. The number of sulfone groups is 1. The van der Waals surface area contributed by atoms with Crippen LogP contribution in [0, 0.1) is 5.92 Å². The number of carbonyl (C=O) groups is 1. The minimum absolute atomic E-state index is 0.154. The molecular formula is C26H31N3O4S. The van der Waals surface area contributed by atoms with Crippen molar-refractivity contribution >= 4 is 32.3 Å². The molecule has 2 heterocycles. The van der Waals surface area contributed by atoms with Gasteiger partial charge in [0, 0.05) is 47.5 Å². The number of nitrogens with one attached hydrogen (secondary N) is 2. The number of hydrogen-bond donors (Lipinski definition) is 2. The summed E-state index contributed by atoms with van der Waals surface area (Å²) in [6.45, 7) is 1.43. The van der Waals surface area contributed by atoms with Crippen LogP contribution in [-0.2, 0) is 23.4 Å². The molecule has 1 aliphatic heterocycles. The van der Waals surface area contributed by atoms with Gasteiger partial charge >= 0.3 is 0 Å². The van der Waals surface area contributed by atoms with E-state index in [9.17, 15) is 13.2 Å². The molecule has 7 nitrogen and oxygen atoms in total. The first kappa shape index (κ1) is 22.9. The van der Waals surface area contributed by atoms with Gasteiger partial charge in [-0.2, -0.15) is 0 Å². The first-order valence-electron chi connectivity index (χ1n) is 11.9. The van der Waals surface area contributed by atoms with Gasteiger partial charge in [0.2, 0.25) is 0 Å². The van der Waals surface area contributed by atoms with Crippen molar-refractivity contribution in [1.82, 2.24) is 9.88 Å². The molecule has 34 heavy (non-hydrogen) atoms. The first-order valence-corrected chi connectivity index (χ1v) is 13.7. The molecule has 5 rings (SSSR count). The summed E-state index contributed by atoms with van der Waals surface area (Å²) in [7, 11) is -0.830. The summed E-state index contributed by atoms with van der Waals surface area (Å²) >= 11 is 0. The van der Waals surface area contributed by atoms with Gasteiger partial charge in [0.25, 0.3) is 5.91 Å². The van der Waals surface area contributed by atoms with Gasteiger partial charge in [0.05, 0.1) is 18.1 Å². The van der Waals surface area contributed by atoms with Crippen LogP contribution >= 0.6 is 0 Å². The predicted molar refractivity (Wildman–Crippen MR) is 134 cm³/mol. The van der Waals surface area contributed by atoms with Gasteiger partial charge in [-0.15, -0.1) is 0 Å². The van der Waals surface area contributed by atoms with Gasteiger partial charge in [-0.05, 0) is 80.1 Å². The molecule has 2 aliphatic rings. The Hall–Kier alpha value is -2.84. The summed E-state index contributed by atoms with van der Waals surface area (Å²) in [6, 6.07) is 15.5. The molecule has 0 atom stereocenters. The minimum atomic E-state index is -2.85. The highest BCUT2D eigenvalue weighted by atomic mass is 32.2. The lowest BCUT2D eigenvalue weighted by Gasteiger charge is -2.23. The van der Waals surface area contributed by atoms with Gasteiger partial charge in [0.1, 0.15) is 15.6 Å². The molecule has 180 valence electrons. The van der Waals surface area contributed by atoms with Gasteiger partial charge in [-0.1, -0.05) is 0 Å². The first-order chi connectivity index (χ1) is 16.4. The molecule has 1 amide bonds. The number of anilines is 1. The maximum absolute atomic E-state index is 12.7. The maximum Gasteiger partial charge on any atom is 0.255 e. The van der Waals surface area contributed by atoms with E-state index < -0.39 is 9.84 Å². The average Bonchev–Trinajstić information content (AvgIpc) is 3.60. The Morgan fingerprint density at radius 2 is 1.76 bits per heavy atom. The molecule has 1 aromatic heterocycles. The summed E-state index contributed by atoms with van der Waals surface area (Å²) in [5, 5.41) is 7.54. The van der Waals surface area contributed by atoms with E-state index >= 15 is 0 Å². The summed E-state index contributed by atoms with van der Waals surface area (Å²) in [6.07, 6.45) is 3.82. The Morgan fingerprint density at radius 1 is 1.03 bits per heavy atom. The molecule has 0 radical (unpaired) electrons. The quantitative estimate of drug-likeness (QED) is 0.510. The normalized spacial score (nSPS) is 18.1. The number of ether oxygens (including phenoxy) is 1. The van der Waals surface area contributed by atoms with Crippen molar-refractivity contribution in [1.29, 1.82) is 0 Å². The van der Waals surface area contributed by atoms with E-state index in [1.165, 1.54) is 12.8 Å². The molecule has 8 heteroatoms. The van der Waals surface area contributed by atoms with Crippen LogP contribution in [0.3, 0.4) is 0 Å². The Balaban J connectivity index is 1.21. The summed E-state index contributed by atoms with van der Waals surface area (Å²) < 4.78 is 31.2. The number of nitrogens with zero attached hydrogens (tertiary/aromatic N) is 1. The standard InChI is InChI=1S/C26H31N3O4S/c1-29-23(16-27-21-10-12-34(31,32)13-11-21)15-20-14-22(6-9-25(20)29)28-26(30)19-4-7-24(8-5-19)33-17-18-2-3-18/h4-9,14-15,18,21,27H,2-3,10-13,16-17H2,1H3,(H,28,30). The monoisotopic (exact) mass is 481 g/mol.